The van der Waals surface area contributed by atoms with Crippen molar-refractivity contribution in [1.29, 1.82) is 0 Å². The minimum absolute atomic E-state index is 0.110. The molecule has 3 aromatic rings. The Morgan fingerprint density at radius 3 is 2.48 bits per heavy atom. The second kappa shape index (κ2) is 10.6. The van der Waals surface area contributed by atoms with Crippen LogP contribution in [0.2, 0.25) is 0 Å². The normalized spacial score (nSPS) is 11.3. The summed E-state index contributed by atoms with van der Waals surface area (Å²) in [7, 11) is 3.12. The number of hydrogen-bond acceptors (Lipinski definition) is 6. The molecule has 0 fully saturated rings. The zero-order valence-electron chi connectivity index (χ0n) is 18.3. The van der Waals surface area contributed by atoms with Crippen molar-refractivity contribution in [1.82, 2.24) is 14.8 Å². The minimum Gasteiger partial charge on any atom is -0.493 e. The van der Waals surface area contributed by atoms with E-state index < -0.39 is 17.6 Å². The first-order valence-electron chi connectivity index (χ1n) is 9.98. The maximum atomic E-state index is 13.1. The molecule has 2 aromatic carbocycles. The lowest BCUT2D eigenvalue weighted by Crippen LogP contribution is -2.18. The van der Waals surface area contributed by atoms with Crippen LogP contribution in [-0.4, -0.2) is 40.6 Å². The van der Waals surface area contributed by atoms with E-state index in [9.17, 15) is 18.0 Å². The van der Waals surface area contributed by atoms with Gasteiger partial charge in [-0.3, -0.25) is 4.79 Å². The smallest absolute Gasteiger partial charge is 0.418 e. The number of alkyl halides is 3. The molecule has 0 unspecified atom stereocenters. The first kappa shape index (κ1) is 24.4. The van der Waals surface area contributed by atoms with Gasteiger partial charge in [0, 0.05) is 13.0 Å². The number of thioether (sulfide) groups is 1. The monoisotopic (exact) mass is 480 g/mol. The summed E-state index contributed by atoms with van der Waals surface area (Å²) in [4.78, 5) is 12.3. The van der Waals surface area contributed by atoms with Crippen molar-refractivity contribution < 1.29 is 27.4 Å². The van der Waals surface area contributed by atoms with Gasteiger partial charge in [-0.1, -0.05) is 30.0 Å². The van der Waals surface area contributed by atoms with Gasteiger partial charge in [-0.2, -0.15) is 13.2 Å². The second-order valence-corrected chi connectivity index (χ2v) is 7.83. The largest absolute Gasteiger partial charge is 0.493 e. The first-order valence-corrected chi connectivity index (χ1v) is 11.0. The summed E-state index contributed by atoms with van der Waals surface area (Å²) in [5.41, 5.74) is -0.230. The van der Waals surface area contributed by atoms with Crippen LogP contribution in [-0.2, 0) is 23.9 Å². The third-order valence-electron chi connectivity index (χ3n) is 4.76. The van der Waals surface area contributed by atoms with Crippen LogP contribution in [0.15, 0.2) is 47.6 Å². The number of hydrogen-bond donors (Lipinski definition) is 1. The van der Waals surface area contributed by atoms with E-state index in [1.54, 1.807) is 20.3 Å². The number of amides is 1. The second-order valence-electron chi connectivity index (χ2n) is 6.89. The van der Waals surface area contributed by atoms with Gasteiger partial charge in [0.1, 0.15) is 5.82 Å². The number of carbonyl (C=O) groups is 1. The van der Waals surface area contributed by atoms with E-state index in [1.165, 1.54) is 18.2 Å². The number of anilines is 1. The van der Waals surface area contributed by atoms with Crippen molar-refractivity contribution in [2.75, 3.05) is 25.3 Å². The van der Waals surface area contributed by atoms with Gasteiger partial charge in [0.05, 0.1) is 31.2 Å². The maximum Gasteiger partial charge on any atom is 0.418 e. The van der Waals surface area contributed by atoms with Gasteiger partial charge in [-0.05, 0) is 36.8 Å². The highest BCUT2D eigenvalue weighted by Gasteiger charge is 2.33. The zero-order chi connectivity index (χ0) is 24.0. The number of nitrogens with one attached hydrogen (secondary N) is 1. The van der Waals surface area contributed by atoms with Crippen LogP contribution in [0, 0.1) is 0 Å². The Bertz CT molecular complexity index is 1120. The third kappa shape index (κ3) is 5.98. The Balaban J connectivity index is 1.68. The van der Waals surface area contributed by atoms with Crippen LogP contribution in [0.5, 0.6) is 11.5 Å². The standard InChI is InChI=1S/C22H23F3N4O3S/c1-4-29-19(12-14-9-10-17(31-2)18(11-14)32-3)27-28-21(29)33-13-20(30)26-16-8-6-5-7-15(16)22(23,24)25/h5-11H,4,12-13H2,1-3H3,(H,26,30). The van der Waals surface area contributed by atoms with Crippen LogP contribution in [0.25, 0.3) is 0 Å². The van der Waals surface area contributed by atoms with Crippen molar-refractivity contribution in [3.63, 3.8) is 0 Å². The van der Waals surface area contributed by atoms with Crippen molar-refractivity contribution in [3.8, 4) is 11.5 Å². The highest BCUT2D eigenvalue weighted by molar-refractivity contribution is 7.99. The molecule has 0 radical (unpaired) electrons. The molecule has 0 saturated heterocycles. The van der Waals surface area contributed by atoms with Crippen LogP contribution < -0.4 is 14.8 Å². The molecule has 33 heavy (non-hydrogen) atoms. The molecular weight excluding hydrogens is 457 g/mol. The number of ether oxygens (including phenoxy) is 2. The molecular formula is C22H23F3N4O3S. The van der Waals surface area contributed by atoms with Crippen LogP contribution in [0.4, 0.5) is 18.9 Å². The Labute approximate surface area is 193 Å². The van der Waals surface area contributed by atoms with Gasteiger partial charge < -0.3 is 19.4 Å². The lowest BCUT2D eigenvalue weighted by atomic mass is 10.1. The summed E-state index contributed by atoms with van der Waals surface area (Å²) in [6, 6.07) is 10.4. The van der Waals surface area contributed by atoms with E-state index in [4.69, 9.17) is 9.47 Å². The van der Waals surface area contributed by atoms with Gasteiger partial charge >= 0.3 is 6.18 Å². The minimum atomic E-state index is -4.56. The fourth-order valence-electron chi connectivity index (χ4n) is 3.20. The molecule has 1 heterocycles. The fourth-order valence-corrected chi connectivity index (χ4v) is 4.02. The summed E-state index contributed by atoms with van der Waals surface area (Å²) < 4.78 is 51.8. The van der Waals surface area contributed by atoms with E-state index in [0.29, 0.717) is 35.4 Å². The molecule has 0 atom stereocenters. The number of methoxy groups -OCH3 is 2. The third-order valence-corrected chi connectivity index (χ3v) is 5.73. The Hall–Kier alpha value is -3.21. The number of aromatic nitrogens is 3. The Kier molecular flexibility index (Phi) is 7.85. The summed E-state index contributed by atoms with van der Waals surface area (Å²) in [5.74, 6) is 1.23. The quantitative estimate of drug-likeness (QED) is 0.449. The van der Waals surface area contributed by atoms with Gasteiger partial charge in [-0.15, -0.1) is 10.2 Å². The van der Waals surface area contributed by atoms with Gasteiger partial charge in [0.2, 0.25) is 5.91 Å². The van der Waals surface area contributed by atoms with Crippen molar-refractivity contribution in [3.05, 3.63) is 59.4 Å². The summed E-state index contributed by atoms with van der Waals surface area (Å²) >= 11 is 1.11. The Morgan fingerprint density at radius 1 is 1.09 bits per heavy atom. The number of para-hydroxylation sites is 1. The molecule has 0 saturated carbocycles. The molecule has 11 heteroatoms. The molecule has 0 bridgehead atoms. The highest BCUT2D eigenvalue weighted by atomic mass is 32.2. The number of rotatable bonds is 9. The van der Waals surface area contributed by atoms with Crippen LogP contribution in [0.1, 0.15) is 23.9 Å². The van der Waals surface area contributed by atoms with E-state index in [1.807, 2.05) is 23.6 Å². The number of halogens is 3. The van der Waals surface area contributed by atoms with Crippen LogP contribution >= 0.6 is 11.8 Å². The van der Waals surface area contributed by atoms with Crippen molar-refractivity contribution in [2.24, 2.45) is 0 Å². The summed E-state index contributed by atoms with van der Waals surface area (Å²) in [6.07, 6.45) is -4.08. The summed E-state index contributed by atoms with van der Waals surface area (Å²) in [6.45, 7) is 2.49. The molecule has 0 spiro atoms. The average molecular weight is 481 g/mol. The average Bonchev–Trinajstić information content (AvgIpc) is 3.18. The molecule has 3 rings (SSSR count). The molecule has 1 N–H and O–H groups in total. The summed E-state index contributed by atoms with van der Waals surface area (Å²) in [5, 5.41) is 11.2. The Morgan fingerprint density at radius 2 is 1.82 bits per heavy atom. The molecule has 7 nitrogen and oxygen atoms in total. The van der Waals surface area contributed by atoms with E-state index >= 15 is 0 Å². The van der Waals surface area contributed by atoms with Gasteiger partial charge in [-0.25, -0.2) is 0 Å². The highest BCUT2D eigenvalue weighted by Crippen LogP contribution is 2.34. The van der Waals surface area contributed by atoms with E-state index in [0.717, 1.165) is 23.4 Å². The predicted molar refractivity (Wildman–Crippen MR) is 119 cm³/mol. The topological polar surface area (TPSA) is 78.3 Å². The predicted octanol–water partition coefficient (Wildman–Crippen LogP) is 4.66. The molecule has 0 aliphatic rings. The van der Waals surface area contributed by atoms with E-state index in [-0.39, 0.29) is 11.4 Å². The lowest BCUT2D eigenvalue weighted by Gasteiger charge is -2.13. The molecule has 0 aliphatic heterocycles. The SMILES string of the molecule is CCn1c(Cc2ccc(OC)c(OC)c2)nnc1SCC(=O)Nc1ccccc1C(F)(F)F. The first-order chi connectivity index (χ1) is 15.8. The maximum absolute atomic E-state index is 13.1. The van der Waals surface area contributed by atoms with Crippen molar-refractivity contribution in [2.45, 2.75) is 31.2 Å². The molecule has 1 aromatic heterocycles. The molecule has 176 valence electrons. The number of nitrogens with zero attached hydrogens (tertiary/aromatic N) is 3. The number of carbonyl (C=O) groups excluding carboxylic acids is 1. The molecule has 1 amide bonds. The van der Waals surface area contributed by atoms with Gasteiger partial charge in [0.15, 0.2) is 16.7 Å². The molecule has 0 aliphatic carbocycles. The lowest BCUT2D eigenvalue weighted by molar-refractivity contribution is -0.137. The van der Waals surface area contributed by atoms with Crippen LogP contribution in [0.3, 0.4) is 0 Å². The van der Waals surface area contributed by atoms with Gasteiger partial charge in [0.25, 0.3) is 0 Å². The van der Waals surface area contributed by atoms with E-state index in [2.05, 4.69) is 15.5 Å². The number of benzene rings is 2. The zero-order valence-corrected chi connectivity index (χ0v) is 19.1. The fraction of sp³-hybridized carbons (Fsp3) is 0.318. The van der Waals surface area contributed by atoms with Crippen molar-refractivity contribution >= 4 is 23.4 Å².